The summed E-state index contributed by atoms with van der Waals surface area (Å²) in [4.78, 5) is 12.1. The highest BCUT2D eigenvalue weighted by Crippen LogP contribution is 2.17. The number of methoxy groups -OCH3 is 1. The van der Waals surface area contributed by atoms with Crippen LogP contribution in [0.2, 0.25) is 0 Å². The number of hydrogen-bond donors (Lipinski definition) is 1. The summed E-state index contributed by atoms with van der Waals surface area (Å²) < 4.78 is 5.99. The monoisotopic (exact) mass is 356 g/mol. The Hall–Kier alpha value is -2.58. The van der Waals surface area contributed by atoms with Crippen molar-refractivity contribution in [1.82, 2.24) is 0 Å². The Labute approximate surface area is 137 Å². The fourth-order valence-corrected chi connectivity index (χ4v) is 2.01. The Morgan fingerprint density at radius 1 is 1.18 bits per heavy atom. The Morgan fingerprint density at radius 3 is 2.36 bits per heavy atom. The molecule has 2 rings (SSSR count). The number of halogens is 1. The smallest absolute Gasteiger partial charge is 0.266 e. The maximum atomic E-state index is 12.1. The maximum Gasteiger partial charge on any atom is 0.266 e. The van der Waals surface area contributed by atoms with Crippen LogP contribution in [0.15, 0.2) is 58.6 Å². The zero-order valence-corrected chi connectivity index (χ0v) is 13.4. The Balaban J connectivity index is 2.14. The van der Waals surface area contributed by atoms with Crippen molar-refractivity contribution in [3.63, 3.8) is 0 Å². The molecular formula is C17H13BrN2O2. The van der Waals surface area contributed by atoms with Crippen LogP contribution in [0.4, 0.5) is 5.69 Å². The van der Waals surface area contributed by atoms with Gasteiger partial charge in [-0.2, -0.15) is 5.26 Å². The lowest BCUT2D eigenvalue weighted by Crippen LogP contribution is -2.13. The van der Waals surface area contributed by atoms with E-state index >= 15 is 0 Å². The number of carbonyl (C=O) groups excluding carboxylic acids is 1. The van der Waals surface area contributed by atoms with Gasteiger partial charge in [-0.25, -0.2) is 0 Å². The van der Waals surface area contributed by atoms with E-state index in [4.69, 9.17) is 10.00 Å². The molecule has 0 saturated carbocycles. The van der Waals surface area contributed by atoms with Crippen LogP contribution in [0.25, 0.3) is 6.08 Å². The van der Waals surface area contributed by atoms with Crippen LogP contribution < -0.4 is 10.1 Å². The molecule has 0 aliphatic rings. The molecule has 0 aliphatic carbocycles. The molecule has 0 aromatic heterocycles. The number of nitrogens with one attached hydrogen (secondary N) is 1. The Bertz CT molecular complexity index is 729. The van der Waals surface area contributed by atoms with Crippen molar-refractivity contribution in [3.05, 3.63) is 64.1 Å². The summed E-state index contributed by atoms with van der Waals surface area (Å²) in [6.45, 7) is 0. The molecule has 110 valence electrons. The second kappa shape index (κ2) is 7.43. The van der Waals surface area contributed by atoms with Crippen molar-refractivity contribution in [2.75, 3.05) is 12.4 Å². The number of nitrogens with zero attached hydrogens (tertiary/aromatic N) is 1. The Kier molecular flexibility index (Phi) is 5.34. The van der Waals surface area contributed by atoms with Gasteiger partial charge in [0.25, 0.3) is 5.91 Å². The van der Waals surface area contributed by atoms with Crippen LogP contribution in [-0.2, 0) is 4.79 Å². The highest BCUT2D eigenvalue weighted by Gasteiger charge is 2.09. The van der Waals surface area contributed by atoms with Gasteiger partial charge in [-0.1, -0.05) is 28.1 Å². The largest absolute Gasteiger partial charge is 0.497 e. The minimum absolute atomic E-state index is 0.0399. The molecule has 22 heavy (non-hydrogen) atoms. The molecule has 0 bridgehead atoms. The van der Waals surface area contributed by atoms with Gasteiger partial charge in [0.1, 0.15) is 17.4 Å². The molecule has 0 spiro atoms. The third-order valence-electron chi connectivity index (χ3n) is 2.89. The highest BCUT2D eigenvalue weighted by molar-refractivity contribution is 9.10. The predicted molar refractivity (Wildman–Crippen MR) is 89.4 cm³/mol. The van der Waals surface area contributed by atoms with Crippen LogP contribution in [0.1, 0.15) is 5.56 Å². The molecule has 0 aliphatic heterocycles. The average Bonchev–Trinajstić information content (AvgIpc) is 2.55. The topological polar surface area (TPSA) is 62.1 Å². The second-order valence-corrected chi connectivity index (χ2v) is 5.32. The zero-order valence-electron chi connectivity index (χ0n) is 11.8. The first-order valence-electron chi connectivity index (χ1n) is 6.45. The van der Waals surface area contributed by atoms with Crippen molar-refractivity contribution < 1.29 is 9.53 Å². The number of rotatable bonds is 4. The molecular weight excluding hydrogens is 344 g/mol. The fourth-order valence-electron chi connectivity index (χ4n) is 1.75. The molecule has 1 amide bonds. The van der Waals surface area contributed by atoms with Crippen LogP contribution >= 0.6 is 15.9 Å². The molecule has 1 N–H and O–H groups in total. The van der Waals surface area contributed by atoms with E-state index in [-0.39, 0.29) is 5.57 Å². The summed E-state index contributed by atoms with van der Waals surface area (Å²) >= 11 is 3.34. The van der Waals surface area contributed by atoms with Crippen molar-refractivity contribution in [3.8, 4) is 11.8 Å². The van der Waals surface area contributed by atoms with Crippen molar-refractivity contribution >= 4 is 33.6 Å². The van der Waals surface area contributed by atoms with E-state index in [1.807, 2.05) is 30.3 Å². The first-order valence-corrected chi connectivity index (χ1v) is 7.24. The first kappa shape index (κ1) is 15.8. The molecule has 0 heterocycles. The lowest BCUT2D eigenvalue weighted by Gasteiger charge is -2.05. The summed E-state index contributed by atoms with van der Waals surface area (Å²) in [6.07, 6.45) is 1.55. The number of ether oxygens (including phenoxy) is 1. The standard InChI is InChI=1S/C17H13BrN2O2/c1-22-16-8-6-15(7-9-16)20-17(21)13(11-19)10-12-2-4-14(18)5-3-12/h2-10H,1H3,(H,20,21). The van der Waals surface area contributed by atoms with Gasteiger partial charge in [-0.15, -0.1) is 0 Å². The van der Waals surface area contributed by atoms with E-state index in [2.05, 4.69) is 21.2 Å². The summed E-state index contributed by atoms with van der Waals surface area (Å²) in [5.41, 5.74) is 1.42. The molecule has 4 nitrogen and oxygen atoms in total. The van der Waals surface area contributed by atoms with E-state index in [0.29, 0.717) is 11.4 Å². The van der Waals surface area contributed by atoms with Gasteiger partial charge in [-0.3, -0.25) is 4.79 Å². The van der Waals surface area contributed by atoms with Gasteiger partial charge in [0.15, 0.2) is 0 Å². The Morgan fingerprint density at radius 2 is 1.82 bits per heavy atom. The third kappa shape index (κ3) is 4.21. The van der Waals surface area contributed by atoms with Gasteiger partial charge in [0.05, 0.1) is 7.11 Å². The number of amides is 1. The summed E-state index contributed by atoms with van der Waals surface area (Å²) in [5, 5.41) is 11.8. The fraction of sp³-hybridized carbons (Fsp3) is 0.0588. The number of carbonyl (C=O) groups is 1. The summed E-state index contributed by atoms with van der Waals surface area (Å²) in [6, 6.07) is 16.2. The van der Waals surface area contributed by atoms with E-state index in [1.54, 1.807) is 37.5 Å². The van der Waals surface area contributed by atoms with E-state index in [9.17, 15) is 4.79 Å². The maximum absolute atomic E-state index is 12.1. The number of hydrogen-bond acceptors (Lipinski definition) is 3. The zero-order chi connectivity index (χ0) is 15.9. The summed E-state index contributed by atoms with van der Waals surface area (Å²) in [5.74, 6) is 0.250. The summed E-state index contributed by atoms with van der Waals surface area (Å²) in [7, 11) is 1.57. The predicted octanol–water partition coefficient (Wildman–Crippen LogP) is 4.00. The van der Waals surface area contributed by atoms with Crippen molar-refractivity contribution in [2.45, 2.75) is 0 Å². The van der Waals surface area contributed by atoms with Crippen LogP contribution in [0, 0.1) is 11.3 Å². The van der Waals surface area contributed by atoms with Crippen molar-refractivity contribution in [1.29, 1.82) is 5.26 Å². The molecule has 0 saturated heterocycles. The molecule has 0 unspecified atom stereocenters. The SMILES string of the molecule is COc1ccc(NC(=O)C(C#N)=Cc2ccc(Br)cc2)cc1. The van der Waals surface area contributed by atoms with Crippen LogP contribution in [0.3, 0.4) is 0 Å². The molecule has 0 atom stereocenters. The van der Waals surface area contributed by atoms with E-state index in [1.165, 1.54) is 0 Å². The lowest BCUT2D eigenvalue weighted by molar-refractivity contribution is -0.112. The number of benzene rings is 2. The quantitative estimate of drug-likeness (QED) is 0.665. The average molecular weight is 357 g/mol. The molecule has 0 radical (unpaired) electrons. The molecule has 5 heteroatoms. The van der Waals surface area contributed by atoms with Gasteiger partial charge in [0, 0.05) is 10.2 Å². The van der Waals surface area contributed by atoms with Gasteiger partial charge >= 0.3 is 0 Å². The first-order chi connectivity index (χ1) is 10.6. The van der Waals surface area contributed by atoms with Crippen LogP contribution in [0.5, 0.6) is 5.75 Å². The van der Waals surface area contributed by atoms with Crippen molar-refractivity contribution in [2.24, 2.45) is 0 Å². The minimum atomic E-state index is -0.449. The number of anilines is 1. The van der Waals surface area contributed by atoms with Crippen LogP contribution in [-0.4, -0.2) is 13.0 Å². The lowest BCUT2D eigenvalue weighted by atomic mass is 10.1. The molecule has 2 aromatic rings. The second-order valence-electron chi connectivity index (χ2n) is 4.40. The number of nitriles is 1. The van der Waals surface area contributed by atoms with E-state index in [0.717, 1.165) is 10.0 Å². The normalized spacial score (nSPS) is 10.7. The van der Waals surface area contributed by atoms with Gasteiger partial charge in [0.2, 0.25) is 0 Å². The van der Waals surface area contributed by atoms with E-state index < -0.39 is 5.91 Å². The third-order valence-corrected chi connectivity index (χ3v) is 3.42. The van der Waals surface area contributed by atoms with Gasteiger partial charge < -0.3 is 10.1 Å². The van der Waals surface area contributed by atoms with Gasteiger partial charge in [-0.05, 0) is 48.0 Å². The molecule has 0 fully saturated rings. The molecule has 2 aromatic carbocycles. The highest BCUT2D eigenvalue weighted by atomic mass is 79.9. The minimum Gasteiger partial charge on any atom is -0.497 e.